The van der Waals surface area contributed by atoms with Gasteiger partial charge in [0.2, 0.25) is 11.8 Å². The van der Waals surface area contributed by atoms with Crippen molar-refractivity contribution in [2.24, 2.45) is 11.8 Å². The van der Waals surface area contributed by atoms with E-state index in [0.717, 1.165) is 29.7 Å². The normalized spacial score (nSPS) is 29.7. The van der Waals surface area contributed by atoms with E-state index in [4.69, 9.17) is 16.3 Å². The smallest absolute Gasteiger partial charge is 0.235 e. The van der Waals surface area contributed by atoms with E-state index in [2.05, 4.69) is 6.08 Å². The number of Topliss-reactive ketones (excluding diaryl/α,β-unsaturated/α-hetero) is 1. The lowest BCUT2D eigenvalue weighted by Gasteiger charge is -2.38. The SMILES string of the molecule is CC1=C[C@@H]2[C@@H]3C(=O)N(C[C@@H]4CCCO4)C(=O)[C@H]3[C@H](C(=O)c3ccc(Cl)cc3)N2c2ccccc21. The summed E-state index contributed by atoms with van der Waals surface area (Å²) in [5, 5.41) is 0.537. The summed E-state index contributed by atoms with van der Waals surface area (Å²) < 4.78 is 5.71. The lowest BCUT2D eigenvalue weighted by atomic mass is 9.85. The van der Waals surface area contributed by atoms with Crippen LogP contribution in [0.1, 0.15) is 35.7 Å². The molecule has 4 aliphatic rings. The number of para-hydroxylation sites is 1. The zero-order valence-corrected chi connectivity index (χ0v) is 19.6. The van der Waals surface area contributed by atoms with E-state index in [1.54, 1.807) is 24.3 Å². The molecule has 6 rings (SSSR count). The molecule has 2 aromatic rings. The molecule has 0 radical (unpaired) electrons. The molecule has 4 heterocycles. The van der Waals surface area contributed by atoms with Gasteiger partial charge in [-0.05, 0) is 55.7 Å². The average Bonchev–Trinajstić information content (AvgIpc) is 3.53. The van der Waals surface area contributed by atoms with Crippen molar-refractivity contribution in [3.63, 3.8) is 0 Å². The van der Waals surface area contributed by atoms with Crippen molar-refractivity contribution in [2.45, 2.75) is 38.0 Å². The summed E-state index contributed by atoms with van der Waals surface area (Å²) in [4.78, 5) is 44.7. The summed E-state index contributed by atoms with van der Waals surface area (Å²) >= 11 is 6.05. The largest absolute Gasteiger partial charge is 0.376 e. The Hall–Kier alpha value is -2.96. The summed E-state index contributed by atoms with van der Waals surface area (Å²) in [6, 6.07) is 13.5. The molecule has 174 valence electrons. The third kappa shape index (κ3) is 3.16. The number of amides is 2. The van der Waals surface area contributed by atoms with Crippen LogP contribution in [0, 0.1) is 11.8 Å². The van der Waals surface area contributed by atoms with Crippen molar-refractivity contribution in [1.29, 1.82) is 0 Å². The number of rotatable bonds is 4. The Morgan fingerprint density at radius 3 is 2.53 bits per heavy atom. The lowest BCUT2D eigenvalue weighted by Crippen LogP contribution is -2.49. The number of ketones is 1. The van der Waals surface area contributed by atoms with Crippen molar-refractivity contribution >= 4 is 40.5 Å². The topological polar surface area (TPSA) is 66.9 Å². The number of likely N-dealkylation sites (tertiary alicyclic amines) is 1. The van der Waals surface area contributed by atoms with Gasteiger partial charge in [0.1, 0.15) is 6.04 Å². The van der Waals surface area contributed by atoms with Crippen molar-refractivity contribution < 1.29 is 19.1 Å². The fourth-order valence-electron chi connectivity index (χ4n) is 6.12. The van der Waals surface area contributed by atoms with E-state index in [1.807, 2.05) is 36.1 Å². The molecular weight excluding hydrogens is 452 g/mol. The number of imide groups is 1. The highest BCUT2D eigenvalue weighted by Gasteiger charge is 2.64. The third-order valence-electron chi connectivity index (χ3n) is 7.65. The number of nitrogens with zero attached hydrogens (tertiary/aromatic N) is 2. The standard InChI is InChI=1S/C27H25ClN2O4/c1-15-13-21-22-23(27(33)29(26(22)32)14-18-5-4-12-34-18)24(25(31)16-8-10-17(28)11-9-16)30(21)20-7-3-2-6-19(15)20/h2-3,6-11,13,18,21-24H,4-5,12,14H2,1H3/t18-,21+,22-,23+,24+/m0/s1. The van der Waals surface area contributed by atoms with Gasteiger partial charge < -0.3 is 9.64 Å². The molecule has 0 saturated carbocycles. The van der Waals surface area contributed by atoms with Crippen LogP contribution in [-0.4, -0.2) is 53.8 Å². The average molecular weight is 477 g/mol. The summed E-state index contributed by atoms with van der Waals surface area (Å²) in [6.07, 6.45) is 3.69. The van der Waals surface area contributed by atoms with Crippen LogP contribution in [0.25, 0.3) is 5.57 Å². The van der Waals surface area contributed by atoms with Crippen molar-refractivity contribution in [2.75, 3.05) is 18.1 Å². The Labute approximate surface area is 203 Å². The number of anilines is 1. The Bertz CT molecular complexity index is 1220. The minimum absolute atomic E-state index is 0.127. The van der Waals surface area contributed by atoms with E-state index in [1.165, 1.54) is 4.90 Å². The number of benzene rings is 2. The molecule has 2 aromatic carbocycles. The number of allylic oxidation sites excluding steroid dienone is 1. The summed E-state index contributed by atoms with van der Waals surface area (Å²) in [5.41, 5.74) is 3.44. The number of ether oxygens (including phenoxy) is 1. The number of carbonyl (C=O) groups is 3. The molecule has 0 spiro atoms. The fraction of sp³-hybridized carbons (Fsp3) is 0.370. The molecule has 0 N–H and O–H groups in total. The van der Waals surface area contributed by atoms with Gasteiger partial charge >= 0.3 is 0 Å². The quantitative estimate of drug-likeness (QED) is 0.493. The lowest BCUT2D eigenvalue weighted by molar-refractivity contribution is -0.142. The van der Waals surface area contributed by atoms with Gasteiger partial charge in [0.25, 0.3) is 0 Å². The number of halogens is 1. The molecule has 0 aliphatic carbocycles. The van der Waals surface area contributed by atoms with E-state index in [0.29, 0.717) is 17.2 Å². The van der Waals surface area contributed by atoms with Crippen LogP contribution in [0.2, 0.25) is 5.02 Å². The second-order valence-corrected chi connectivity index (χ2v) is 9.99. The number of hydrogen-bond donors (Lipinski definition) is 0. The molecule has 6 nitrogen and oxygen atoms in total. The van der Waals surface area contributed by atoms with Crippen molar-refractivity contribution in [1.82, 2.24) is 4.90 Å². The number of fused-ring (bicyclic) bond motifs is 5. The highest BCUT2D eigenvalue weighted by atomic mass is 35.5. The Morgan fingerprint density at radius 1 is 1.06 bits per heavy atom. The molecule has 0 unspecified atom stereocenters. The van der Waals surface area contributed by atoms with Gasteiger partial charge in [0, 0.05) is 28.4 Å². The van der Waals surface area contributed by atoms with Crippen LogP contribution in [0.5, 0.6) is 0 Å². The molecule has 3 fully saturated rings. The van der Waals surface area contributed by atoms with Crippen LogP contribution < -0.4 is 4.90 Å². The first kappa shape index (κ1) is 21.6. The molecular formula is C27H25ClN2O4. The molecule has 3 saturated heterocycles. The Morgan fingerprint density at radius 2 is 1.79 bits per heavy atom. The van der Waals surface area contributed by atoms with Gasteiger partial charge in [0.05, 0.1) is 30.5 Å². The summed E-state index contributed by atoms with van der Waals surface area (Å²) in [7, 11) is 0. The van der Waals surface area contributed by atoms with E-state index in [9.17, 15) is 14.4 Å². The highest BCUT2D eigenvalue weighted by Crippen LogP contribution is 2.50. The number of carbonyl (C=O) groups excluding carboxylic acids is 3. The first-order chi connectivity index (χ1) is 16.5. The maximum absolute atomic E-state index is 13.9. The maximum atomic E-state index is 13.9. The van der Waals surface area contributed by atoms with E-state index in [-0.39, 0.29) is 36.3 Å². The van der Waals surface area contributed by atoms with E-state index < -0.39 is 17.9 Å². The summed E-state index contributed by atoms with van der Waals surface area (Å²) in [5.74, 6) is -1.97. The summed E-state index contributed by atoms with van der Waals surface area (Å²) in [6.45, 7) is 2.93. The molecule has 34 heavy (non-hydrogen) atoms. The monoisotopic (exact) mass is 476 g/mol. The molecule has 5 atom stereocenters. The number of hydrogen-bond acceptors (Lipinski definition) is 5. The highest BCUT2D eigenvalue weighted by molar-refractivity contribution is 6.30. The first-order valence-corrected chi connectivity index (χ1v) is 12.2. The predicted molar refractivity (Wildman–Crippen MR) is 129 cm³/mol. The van der Waals surface area contributed by atoms with Crippen LogP contribution in [-0.2, 0) is 14.3 Å². The van der Waals surface area contributed by atoms with Gasteiger partial charge in [-0.25, -0.2) is 0 Å². The fourth-order valence-corrected chi connectivity index (χ4v) is 6.24. The molecule has 4 aliphatic heterocycles. The van der Waals surface area contributed by atoms with Crippen LogP contribution >= 0.6 is 11.6 Å². The molecule has 2 amide bonds. The molecule has 0 aromatic heterocycles. The Kier molecular flexibility index (Phi) is 5.12. The molecule has 0 bridgehead atoms. The van der Waals surface area contributed by atoms with Crippen LogP contribution in [0.15, 0.2) is 54.6 Å². The van der Waals surface area contributed by atoms with Crippen LogP contribution in [0.4, 0.5) is 5.69 Å². The van der Waals surface area contributed by atoms with Crippen molar-refractivity contribution in [3.8, 4) is 0 Å². The third-order valence-corrected chi connectivity index (χ3v) is 7.91. The minimum Gasteiger partial charge on any atom is -0.376 e. The zero-order chi connectivity index (χ0) is 23.6. The van der Waals surface area contributed by atoms with Gasteiger partial charge in [-0.1, -0.05) is 35.9 Å². The maximum Gasteiger partial charge on any atom is 0.235 e. The van der Waals surface area contributed by atoms with Gasteiger partial charge in [-0.2, -0.15) is 0 Å². The van der Waals surface area contributed by atoms with Gasteiger partial charge in [-0.3, -0.25) is 19.3 Å². The Balaban J connectivity index is 1.45. The van der Waals surface area contributed by atoms with Gasteiger partial charge in [0.15, 0.2) is 5.78 Å². The first-order valence-electron chi connectivity index (χ1n) is 11.8. The van der Waals surface area contributed by atoms with Crippen LogP contribution in [0.3, 0.4) is 0 Å². The minimum atomic E-state index is -0.771. The second-order valence-electron chi connectivity index (χ2n) is 9.55. The van der Waals surface area contributed by atoms with Crippen molar-refractivity contribution in [3.05, 3.63) is 70.8 Å². The molecule has 7 heteroatoms. The zero-order valence-electron chi connectivity index (χ0n) is 18.8. The second kappa shape index (κ2) is 8.07. The van der Waals surface area contributed by atoms with Gasteiger partial charge in [-0.15, -0.1) is 0 Å². The van der Waals surface area contributed by atoms with E-state index >= 15 is 0 Å². The predicted octanol–water partition coefficient (Wildman–Crippen LogP) is 3.98.